The Bertz CT molecular complexity index is 1660. The normalized spacial score (nSPS) is 31.2. The molecule has 2 N–H and O–H groups in total. The number of ketones is 1. The molecule has 0 spiro atoms. The Morgan fingerprint density at radius 3 is 1.60 bits per heavy atom. The minimum atomic E-state index is -1.75. The smallest absolute Gasteiger partial charge is 0.269 e. The van der Waals surface area contributed by atoms with Gasteiger partial charge in [0.2, 0.25) is 20.4 Å². The summed E-state index contributed by atoms with van der Waals surface area (Å²) < 4.78 is 0. The second-order valence-electron chi connectivity index (χ2n) is 11.3. The zero-order valence-corrected chi connectivity index (χ0v) is 28.0. The van der Waals surface area contributed by atoms with Crippen molar-refractivity contribution in [2.75, 3.05) is 41.4 Å². The topological polar surface area (TPSA) is 139 Å². The van der Waals surface area contributed by atoms with Crippen molar-refractivity contribution in [3.8, 4) is 0 Å². The zero-order chi connectivity index (χ0) is 32.5. The van der Waals surface area contributed by atoms with E-state index < -0.39 is 50.3 Å². The fraction of sp³-hybridized carbons (Fsp3) is 0.367. The van der Waals surface area contributed by atoms with Crippen LogP contribution in [-0.2, 0) is 25.6 Å². The van der Waals surface area contributed by atoms with Gasteiger partial charge >= 0.3 is 0 Å². The standard InChI is InChI=1S/C30H30N4O7S4/c1-31-24(39)28(16-35)32(2)23(38)27(31,42-43-28)15-20-9-7-18(8-10-20)5-6-19-11-13-21(14-12-19)22(37)30-26(41)33(3)29(17-36,44-45-30)25(40)34(30)4/h5-14,35-36H,15-17H2,1-4H3/b6-5+/t27-,28-,29-,30-/m0/s1. The Kier molecular flexibility index (Phi) is 7.89. The van der Waals surface area contributed by atoms with Gasteiger partial charge in [-0.25, -0.2) is 0 Å². The molecule has 4 amide bonds. The number of aliphatic hydroxyl groups excluding tert-OH is 2. The number of aliphatic hydroxyl groups is 2. The summed E-state index contributed by atoms with van der Waals surface area (Å²) in [5.74, 6) is -2.05. The summed E-state index contributed by atoms with van der Waals surface area (Å²) in [6.07, 6.45) is 4.10. The van der Waals surface area contributed by atoms with E-state index in [2.05, 4.69) is 0 Å². The van der Waals surface area contributed by atoms with Crippen molar-refractivity contribution in [3.05, 3.63) is 70.8 Å². The van der Waals surface area contributed by atoms with Crippen LogP contribution in [0.2, 0.25) is 0 Å². The Labute approximate surface area is 275 Å². The second kappa shape index (κ2) is 11.1. The molecule has 45 heavy (non-hydrogen) atoms. The average Bonchev–Trinajstić information content (AvgIpc) is 3.06. The molecular weight excluding hydrogens is 657 g/mol. The molecule has 236 valence electrons. The molecule has 4 bridgehead atoms. The van der Waals surface area contributed by atoms with Gasteiger partial charge in [-0.2, -0.15) is 0 Å². The molecule has 6 heterocycles. The van der Waals surface area contributed by atoms with Crippen molar-refractivity contribution in [2.24, 2.45) is 0 Å². The number of Topliss-reactive ketones (excluding diaryl/α,β-unsaturated/α-hetero) is 1. The first-order valence-corrected chi connectivity index (χ1v) is 18.1. The first kappa shape index (κ1) is 32.0. The molecule has 15 heteroatoms. The minimum absolute atomic E-state index is 0.217. The van der Waals surface area contributed by atoms with Crippen LogP contribution in [0, 0.1) is 0 Å². The number of carbonyl (C=O) groups excluding carboxylic acids is 5. The highest BCUT2D eigenvalue weighted by molar-refractivity contribution is 8.78. The van der Waals surface area contributed by atoms with Gasteiger partial charge in [-0.1, -0.05) is 71.5 Å². The Morgan fingerprint density at radius 1 is 0.622 bits per heavy atom. The van der Waals surface area contributed by atoms with Crippen LogP contribution in [0.15, 0.2) is 48.5 Å². The maximum Gasteiger partial charge on any atom is 0.269 e. The Hall–Kier alpha value is -2.95. The molecule has 2 aromatic carbocycles. The number of rotatable bonds is 8. The number of benzene rings is 2. The van der Waals surface area contributed by atoms with Crippen LogP contribution < -0.4 is 0 Å². The van der Waals surface area contributed by atoms with Gasteiger partial charge in [0, 0.05) is 40.2 Å². The predicted octanol–water partition coefficient (Wildman–Crippen LogP) is 2.00. The van der Waals surface area contributed by atoms with Crippen molar-refractivity contribution < 1.29 is 34.2 Å². The van der Waals surface area contributed by atoms with E-state index in [4.69, 9.17) is 0 Å². The molecule has 0 saturated carbocycles. The fourth-order valence-corrected chi connectivity index (χ4v) is 13.1. The number of piperazine rings is 2. The number of hydrogen-bond acceptors (Lipinski definition) is 11. The molecule has 0 aromatic heterocycles. The summed E-state index contributed by atoms with van der Waals surface area (Å²) in [6.45, 7) is -1.00. The maximum atomic E-state index is 13.7. The van der Waals surface area contributed by atoms with Crippen molar-refractivity contribution in [1.82, 2.24) is 19.6 Å². The van der Waals surface area contributed by atoms with E-state index in [-0.39, 0.29) is 17.4 Å². The first-order valence-electron chi connectivity index (χ1n) is 13.8. The van der Waals surface area contributed by atoms with E-state index in [9.17, 15) is 34.2 Å². The van der Waals surface area contributed by atoms with E-state index in [1.54, 1.807) is 38.4 Å². The van der Waals surface area contributed by atoms with Crippen molar-refractivity contribution in [3.63, 3.8) is 0 Å². The van der Waals surface area contributed by atoms with Gasteiger partial charge in [-0.3, -0.25) is 24.0 Å². The fourth-order valence-electron chi connectivity index (χ4n) is 5.92. The van der Waals surface area contributed by atoms with Gasteiger partial charge in [-0.15, -0.1) is 0 Å². The number of fused-ring (bicyclic) bond motifs is 6. The van der Waals surface area contributed by atoms with E-state index in [1.807, 2.05) is 36.4 Å². The van der Waals surface area contributed by atoms with Crippen molar-refractivity contribution in [1.29, 1.82) is 0 Å². The number of hydrogen-bond donors (Lipinski definition) is 2. The highest BCUT2D eigenvalue weighted by Crippen LogP contribution is 2.60. The van der Waals surface area contributed by atoms with Gasteiger partial charge in [0.05, 0.1) is 13.2 Å². The highest BCUT2D eigenvalue weighted by atomic mass is 33.1. The molecule has 0 unspecified atom stereocenters. The molecule has 0 aliphatic carbocycles. The van der Waals surface area contributed by atoms with Gasteiger partial charge in [-0.05, 0) is 49.1 Å². The predicted molar refractivity (Wildman–Crippen MR) is 176 cm³/mol. The second-order valence-corrected chi connectivity index (χ2v) is 16.6. The summed E-state index contributed by atoms with van der Waals surface area (Å²) >= 11 is 0. The quantitative estimate of drug-likeness (QED) is 0.183. The Morgan fingerprint density at radius 2 is 1.04 bits per heavy atom. The molecule has 6 aliphatic rings. The number of carbonyl (C=O) groups is 5. The zero-order valence-electron chi connectivity index (χ0n) is 24.8. The SMILES string of the molecule is CN1C(=O)[C@]2(CO)SS[C@@]1(C(=O)c1ccc(/C=C/c3ccc(C[C@@]45SS[C@@](CO)(C(=O)N4C)N(C)C5=O)cc3)cc1)C(=O)N2C. The number of nitrogens with zero attached hydrogens (tertiary/aromatic N) is 4. The van der Waals surface area contributed by atoms with Gasteiger partial charge in [0.1, 0.15) is 0 Å². The van der Waals surface area contributed by atoms with E-state index in [0.717, 1.165) is 43.2 Å². The van der Waals surface area contributed by atoms with Gasteiger partial charge < -0.3 is 29.8 Å². The Balaban J connectivity index is 1.15. The van der Waals surface area contributed by atoms with Crippen LogP contribution in [0.25, 0.3) is 12.2 Å². The average molecular weight is 687 g/mol. The molecule has 6 fully saturated rings. The van der Waals surface area contributed by atoms with Crippen LogP contribution >= 0.6 is 43.2 Å². The van der Waals surface area contributed by atoms with E-state index in [0.29, 0.717) is 6.42 Å². The number of amides is 4. The molecule has 6 aliphatic heterocycles. The number of likely N-dealkylation sites (N-methyl/N-ethyl adjacent to an activating group) is 4. The summed E-state index contributed by atoms with van der Waals surface area (Å²) in [5, 5.41) is 19.8. The molecule has 8 rings (SSSR count). The molecule has 2 aromatic rings. The third-order valence-electron chi connectivity index (χ3n) is 9.03. The molecular formula is C30H30N4O7S4. The largest absolute Gasteiger partial charge is 0.392 e. The van der Waals surface area contributed by atoms with Crippen LogP contribution in [0.1, 0.15) is 27.0 Å². The first-order chi connectivity index (χ1) is 21.3. The van der Waals surface area contributed by atoms with Gasteiger partial charge in [0.25, 0.3) is 23.6 Å². The summed E-state index contributed by atoms with van der Waals surface area (Å²) in [4.78, 5) is 66.1. The van der Waals surface area contributed by atoms with Crippen molar-refractivity contribution in [2.45, 2.75) is 25.9 Å². The highest BCUT2D eigenvalue weighted by Gasteiger charge is 2.70. The monoisotopic (exact) mass is 686 g/mol. The van der Waals surface area contributed by atoms with Crippen LogP contribution in [-0.4, -0.2) is 120 Å². The molecule has 4 atom stereocenters. The molecule has 6 saturated heterocycles. The maximum absolute atomic E-state index is 13.7. The lowest BCUT2D eigenvalue weighted by atomic mass is 9.95. The lowest BCUT2D eigenvalue weighted by Crippen LogP contribution is -2.78. The van der Waals surface area contributed by atoms with Crippen LogP contribution in [0.5, 0.6) is 0 Å². The summed E-state index contributed by atoms with van der Waals surface area (Å²) in [5.41, 5.74) is 2.87. The summed E-state index contributed by atoms with van der Waals surface area (Å²) in [6, 6.07) is 14.4. The van der Waals surface area contributed by atoms with Crippen LogP contribution in [0.4, 0.5) is 0 Å². The molecule has 0 radical (unpaired) electrons. The van der Waals surface area contributed by atoms with E-state index >= 15 is 0 Å². The minimum Gasteiger partial charge on any atom is -0.392 e. The van der Waals surface area contributed by atoms with Gasteiger partial charge in [0.15, 0.2) is 4.87 Å². The third-order valence-corrected chi connectivity index (χ3v) is 16.3. The molecule has 11 nitrogen and oxygen atoms in total. The van der Waals surface area contributed by atoms with E-state index in [1.165, 1.54) is 50.4 Å². The van der Waals surface area contributed by atoms with Crippen LogP contribution in [0.3, 0.4) is 0 Å². The third kappa shape index (κ3) is 4.27. The lowest BCUT2D eigenvalue weighted by molar-refractivity contribution is -0.165. The summed E-state index contributed by atoms with van der Waals surface area (Å²) in [7, 11) is 10.6. The lowest BCUT2D eigenvalue weighted by Gasteiger charge is -2.58. The van der Waals surface area contributed by atoms with Crippen molar-refractivity contribution >= 4 is 84.7 Å².